The molecule has 1 aliphatic heterocycles. The molecule has 1 rings (SSSR count). The number of rotatable bonds is 1. The van der Waals surface area contributed by atoms with E-state index in [1.807, 2.05) is 12.1 Å². The van der Waals surface area contributed by atoms with Crippen molar-refractivity contribution >= 4 is 0 Å². The molecule has 8 heavy (non-hydrogen) atoms. The lowest BCUT2D eigenvalue weighted by Crippen LogP contribution is -2.25. The lowest BCUT2D eigenvalue weighted by molar-refractivity contribution is 0.0475. The van der Waals surface area contributed by atoms with Crippen LogP contribution in [0.5, 0.6) is 0 Å². The van der Waals surface area contributed by atoms with Crippen molar-refractivity contribution < 1.29 is 4.84 Å². The average Bonchev–Trinajstić information content (AvgIpc) is 2.14. The van der Waals surface area contributed by atoms with Crippen LogP contribution >= 0.6 is 0 Å². The fourth-order valence-electron chi connectivity index (χ4n) is 0.632. The highest BCUT2D eigenvalue weighted by atomic mass is 16.7. The Hall–Kier alpha value is -0.700. The van der Waals surface area contributed by atoms with Crippen molar-refractivity contribution in [2.24, 2.45) is 0 Å². The number of nitrogens with one attached hydrogen (secondary N) is 1. The van der Waals surface area contributed by atoms with Crippen molar-refractivity contribution in [3.8, 4) is 0 Å². The van der Waals surface area contributed by atoms with E-state index in [-0.39, 0.29) is 0 Å². The summed E-state index contributed by atoms with van der Waals surface area (Å²) in [6.45, 7) is 2.08. The molecular formula is C5H10N2O. The molecule has 0 aromatic heterocycles. The minimum atomic E-state index is 1.00. The molecular weight excluding hydrogens is 104 g/mol. The summed E-state index contributed by atoms with van der Waals surface area (Å²) in [5.74, 6) is 0. The van der Waals surface area contributed by atoms with Gasteiger partial charge in [-0.25, -0.2) is 0 Å². The van der Waals surface area contributed by atoms with Crippen LogP contribution in [0.1, 0.15) is 13.3 Å². The van der Waals surface area contributed by atoms with E-state index in [9.17, 15) is 0 Å². The Morgan fingerprint density at radius 3 is 2.88 bits per heavy atom. The van der Waals surface area contributed by atoms with E-state index in [1.54, 1.807) is 6.26 Å². The topological polar surface area (TPSA) is 24.5 Å². The van der Waals surface area contributed by atoms with E-state index in [2.05, 4.69) is 12.5 Å². The van der Waals surface area contributed by atoms with Crippen molar-refractivity contribution in [3.05, 3.63) is 12.0 Å². The van der Waals surface area contributed by atoms with Gasteiger partial charge in [0, 0.05) is 7.05 Å². The van der Waals surface area contributed by atoms with Crippen molar-refractivity contribution in [1.29, 1.82) is 0 Å². The molecule has 0 radical (unpaired) electrons. The zero-order chi connectivity index (χ0) is 5.98. The second-order valence-corrected chi connectivity index (χ2v) is 1.73. The third-order valence-electron chi connectivity index (χ3n) is 1.18. The molecule has 3 nitrogen and oxygen atoms in total. The highest BCUT2D eigenvalue weighted by Crippen LogP contribution is 2.07. The molecule has 0 amide bonds. The standard InChI is InChI=1S/C5H10N2O/c1-3-5-4-8-6-7(5)2/h4,6H,3H2,1-2H3. The Balaban J connectivity index is 2.49. The molecule has 0 aromatic rings. The fourth-order valence-corrected chi connectivity index (χ4v) is 0.632. The monoisotopic (exact) mass is 114 g/mol. The zero-order valence-electron chi connectivity index (χ0n) is 5.14. The highest BCUT2D eigenvalue weighted by Gasteiger charge is 2.07. The first-order valence-electron chi connectivity index (χ1n) is 2.68. The van der Waals surface area contributed by atoms with Gasteiger partial charge >= 0.3 is 0 Å². The summed E-state index contributed by atoms with van der Waals surface area (Å²) in [5.41, 5.74) is 3.83. The molecule has 0 aromatic carbocycles. The van der Waals surface area contributed by atoms with Crippen LogP contribution in [0, 0.1) is 0 Å². The van der Waals surface area contributed by atoms with E-state index < -0.39 is 0 Å². The van der Waals surface area contributed by atoms with Crippen LogP contribution in [0.3, 0.4) is 0 Å². The van der Waals surface area contributed by atoms with Gasteiger partial charge in [-0.2, -0.15) is 0 Å². The molecule has 1 aliphatic rings. The molecule has 0 saturated carbocycles. The Morgan fingerprint density at radius 2 is 2.62 bits per heavy atom. The van der Waals surface area contributed by atoms with E-state index in [0.717, 1.165) is 6.42 Å². The molecule has 1 N–H and O–H groups in total. The Labute approximate surface area is 48.9 Å². The number of hydrogen-bond donors (Lipinski definition) is 1. The second-order valence-electron chi connectivity index (χ2n) is 1.73. The number of allylic oxidation sites excluding steroid dienone is 1. The Morgan fingerprint density at radius 1 is 1.88 bits per heavy atom. The molecule has 1 heterocycles. The molecule has 0 spiro atoms. The van der Waals surface area contributed by atoms with Gasteiger partial charge in [-0.05, 0) is 6.42 Å². The van der Waals surface area contributed by atoms with Crippen molar-refractivity contribution in [3.63, 3.8) is 0 Å². The Kier molecular flexibility index (Phi) is 1.39. The quantitative estimate of drug-likeness (QED) is 0.540. The van der Waals surface area contributed by atoms with Crippen LogP contribution in [0.2, 0.25) is 0 Å². The lowest BCUT2D eigenvalue weighted by atomic mass is 10.4. The van der Waals surface area contributed by atoms with Crippen LogP contribution in [-0.4, -0.2) is 12.1 Å². The maximum absolute atomic E-state index is 4.77. The minimum absolute atomic E-state index is 1.00. The van der Waals surface area contributed by atoms with Crippen molar-refractivity contribution in [2.75, 3.05) is 7.05 Å². The predicted molar refractivity (Wildman–Crippen MR) is 30.4 cm³/mol. The van der Waals surface area contributed by atoms with Gasteiger partial charge in [0.05, 0.1) is 5.70 Å². The molecule has 3 heteroatoms. The highest BCUT2D eigenvalue weighted by molar-refractivity contribution is 4.95. The SMILES string of the molecule is CCC1=CONN1C. The summed E-state index contributed by atoms with van der Waals surface area (Å²) in [5, 5.41) is 1.85. The second kappa shape index (κ2) is 2.05. The Bertz CT molecular complexity index is 111. The third kappa shape index (κ3) is 0.767. The zero-order valence-corrected chi connectivity index (χ0v) is 5.14. The smallest absolute Gasteiger partial charge is 0.134 e. The maximum Gasteiger partial charge on any atom is 0.134 e. The maximum atomic E-state index is 4.77. The number of nitrogens with zero attached hydrogens (tertiary/aromatic N) is 1. The molecule has 0 saturated heterocycles. The predicted octanol–water partition coefficient (Wildman–Crippen LogP) is 0.619. The molecule has 0 aliphatic carbocycles. The summed E-state index contributed by atoms with van der Waals surface area (Å²) in [7, 11) is 1.92. The molecule has 0 atom stereocenters. The lowest BCUT2D eigenvalue weighted by Gasteiger charge is -2.10. The van der Waals surface area contributed by atoms with Gasteiger partial charge in [0.25, 0.3) is 0 Å². The molecule has 0 fully saturated rings. The average molecular weight is 114 g/mol. The van der Waals surface area contributed by atoms with Gasteiger partial charge in [-0.15, -0.1) is 0 Å². The van der Waals surface area contributed by atoms with E-state index in [4.69, 9.17) is 4.84 Å². The summed E-state index contributed by atoms with van der Waals surface area (Å²) >= 11 is 0. The summed E-state index contributed by atoms with van der Waals surface area (Å²) in [6, 6.07) is 0. The largest absolute Gasteiger partial charge is 0.395 e. The van der Waals surface area contributed by atoms with Crippen molar-refractivity contribution in [1.82, 2.24) is 10.6 Å². The van der Waals surface area contributed by atoms with Crippen LogP contribution in [0.15, 0.2) is 12.0 Å². The molecule has 46 valence electrons. The first-order chi connectivity index (χ1) is 3.84. The third-order valence-corrected chi connectivity index (χ3v) is 1.18. The number of hydrogen-bond acceptors (Lipinski definition) is 3. The minimum Gasteiger partial charge on any atom is -0.395 e. The van der Waals surface area contributed by atoms with Gasteiger partial charge in [0.1, 0.15) is 6.26 Å². The van der Waals surface area contributed by atoms with E-state index in [1.165, 1.54) is 5.70 Å². The first kappa shape index (κ1) is 5.44. The fraction of sp³-hybridized carbons (Fsp3) is 0.600. The normalized spacial score (nSPS) is 18.2. The summed E-state index contributed by atoms with van der Waals surface area (Å²) < 4.78 is 0. The van der Waals surface area contributed by atoms with E-state index >= 15 is 0 Å². The first-order valence-corrected chi connectivity index (χ1v) is 2.68. The van der Waals surface area contributed by atoms with E-state index in [0.29, 0.717) is 0 Å². The van der Waals surface area contributed by atoms with Crippen LogP contribution in [-0.2, 0) is 4.84 Å². The summed E-state index contributed by atoms with van der Waals surface area (Å²) in [4.78, 5) is 4.77. The molecule has 0 unspecified atom stereocenters. The van der Waals surface area contributed by atoms with Gasteiger partial charge in [0.2, 0.25) is 0 Å². The van der Waals surface area contributed by atoms with Gasteiger partial charge in [-0.1, -0.05) is 12.5 Å². The number of hydrazine groups is 1. The van der Waals surface area contributed by atoms with Crippen LogP contribution in [0.4, 0.5) is 0 Å². The van der Waals surface area contributed by atoms with Crippen LogP contribution < -0.4 is 5.59 Å². The van der Waals surface area contributed by atoms with Gasteiger partial charge in [-0.3, -0.25) is 5.01 Å². The van der Waals surface area contributed by atoms with Gasteiger partial charge in [0.15, 0.2) is 0 Å². The van der Waals surface area contributed by atoms with Gasteiger partial charge < -0.3 is 4.84 Å². The summed E-state index contributed by atoms with van der Waals surface area (Å²) in [6.07, 6.45) is 2.71. The van der Waals surface area contributed by atoms with Crippen molar-refractivity contribution in [2.45, 2.75) is 13.3 Å². The van der Waals surface area contributed by atoms with Crippen LogP contribution in [0.25, 0.3) is 0 Å². The molecule has 0 bridgehead atoms.